The third-order valence-corrected chi connectivity index (χ3v) is 2.95. The van der Waals surface area contributed by atoms with Crippen molar-refractivity contribution in [3.8, 4) is 0 Å². The third kappa shape index (κ3) is 4.16. The Kier molecular flexibility index (Phi) is 5.22. The molecule has 1 aromatic carbocycles. The lowest BCUT2D eigenvalue weighted by atomic mass is 10.2. The van der Waals surface area contributed by atoms with Gasteiger partial charge in [-0.3, -0.25) is 14.9 Å². The van der Waals surface area contributed by atoms with Crippen molar-refractivity contribution in [3.05, 3.63) is 32.5 Å². The van der Waals surface area contributed by atoms with Crippen LogP contribution in [0.2, 0.25) is 0 Å². The van der Waals surface area contributed by atoms with E-state index in [4.69, 9.17) is 0 Å². The highest BCUT2D eigenvalue weighted by Crippen LogP contribution is 2.31. The Hall–Kier alpha value is -1.70. The molecule has 0 saturated heterocycles. The molecule has 1 unspecified atom stereocenters. The van der Waals surface area contributed by atoms with Crippen molar-refractivity contribution in [2.75, 3.05) is 12.4 Å². The summed E-state index contributed by atoms with van der Waals surface area (Å²) >= 11 is 2.88. The van der Waals surface area contributed by atoms with Gasteiger partial charge >= 0.3 is 5.97 Å². The van der Waals surface area contributed by atoms with Crippen molar-refractivity contribution in [3.63, 3.8) is 0 Å². The molecule has 1 atom stereocenters. The summed E-state index contributed by atoms with van der Waals surface area (Å²) in [6.45, 7) is 1.64. The molecular weight excluding hydrogens is 323 g/mol. The summed E-state index contributed by atoms with van der Waals surface area (Å²) in [5.74, 6) is -1.08. The molecule has 1 aromatic rings. The van der Waals surface area contributed by atoms with Gasteiger partial charge in [0.15, 0.2) is 0 Å². The first-order valence-electron chi connectivity index (χ1n) is 5.32. The van der Waals surface area contributed by atoms with Crippen LogP contribution in [0, 0.1) is 15.9 Å². The van der Waals surface area contributed by atoms with Crippen molar-refractivity contribution >= 4 is 33.3 Å². The molecule has 0 amide bonds. The van der Waals surface area contributed by atoms with Gasteiger partial charge in [0, 0.05) is 18.2 Å². The molecule has 1 N–H and O–H groups in total. The van der Waals surface area contributed by atoms with Gasteiger partial charge in [-0.2, -0.15) is 0 Å². The number of methoxy groups -OCH3 is 1. The number of halogens is 2. The molecule has 0 saturated carbocycles. The number of hydrogen-bond acceptors (Lipinski definition) is 5. The fourth-order valence-electron chi connectivity index (χ4n) is 1.45. The van der Waals surface area contributed by atoms with Crippen LogP contribution in [0.1, 0.15) is 13.3 Å². The molecule has 6 nitrogen and oxygen atoms in total. The molecule has 104 valence electrons. The van der Waals surface area contributed by atoms with E-state index in [0.717, 1.165) is 12.1 Å². The first-order chi connectivity index (χ1) is 8.85. The van der Waals surface area contributed by atoms with Crippen LogP contribution in [0.15, 0.2) is 16.6 Å². The van der Waals surface area contributed by atoms with Gasteiger partial charge in [0.1, 0.15) is 11.5 Å². The fourth-order valence-corrected chi connectivity index (χ4v) is 1.78. The van der Waals surface area contributed by atoms with Gasteiger partial charge in [0.25, 0.3) is 5.69 Å². The Labute approximate surface area is 117 Å². The van der Waals surface area contributed by atoms with Crippen LogP contribution < -0.4 is 5.32 Å². The highest BCUT2D eigenvalue weighted by atomic mass is 79.9. The number of anilines is 1. The number of rotatable bonds is 5. The summed E-state index contributed by atoms with van der Waals surface area (Å²) in [6, 6.07) is 1.66. The highest BCUT2D eigenvalue weighted by Gasteiger charge is 2.20. The van der Waals surface area contributed by atoms with Crippen LogP contribution in [0.4, 0.5) is 15.8 Å². The summed E-state index contributed by atoms with van der Waals surface area (Å²) in [4.78, 5) is 21.3. The van der Waals surface area contributed by atoms with E-state index >= 15 is 0 Å². The van der Waals surface area contributed by atoms with E-state index in [1.54, 1.807) is 6.92 Å². The van der Waals surface area contributed by atoms with Crippen LogP contribution in [0.5, 0.6) is 0 Å². The summed E-state index contributed by atoms with van der Waals surface area (Å²) in [5, 5.41) is 13.6. The average Bonchev–Trinajstić information content (AvgIpc) is 2.32. The molecular formula is C11H12BrFN2O4. The van der Waals surface area contributed by atoms with Crippen molar-refractivity contribution in [2.24, 2.45) is 0 Å². The van der Waals surface area contributed by atoms with Gasteiger partial charge in [0.05, 0.1) is 22.9 Å². The number of nitro benzene ring substituents is 1. The summed E-state index contributed by atoms with van der Waals surface area (Å²) in [6.07, 6.45) is 0.0192. The lowest BCUT2D eigenvalue weighted by molar-refractivity contribution is -0.384. The monoisotopic (exact) mass is 334 g/mol. The second-order valence-corrected chi connectivity index (χ2v) is 4.72. The lowest BCUT2D eigenvalue weighted by Crippen LogP contribution is -2.21. The van der Waals surface area contributed by atoms with Gasteiger partial charge < -0.3 is 10.1 Å². The average molecular weight is 335 g/mol. The van der Waals surface area contributed by atoms with Crippen LogP contribution >= 0.6 is 15.9 Å². The van der Waals surface area contributed by atoms with E-state index in [0.29, 0.717) is 0 Å². The molecule has 0 fully saturated rings. The summed E-state index contributed by atoms with van der Waals surface area (Å²) in [5.41, 5.74) is -0.257. The first kappa shape index (κ1) is 15.4. The van der Waals surface area contributed by atoms with Crippen molar-refractivity contribution in [1.82, 2.24) is 0 Å². The maximum absolute atomic E-state index is 13.4. The van der Waals surface area contributed by atoms with Crippen molar-refractivity contribution < 1.29 is 18.8 Å². The minimum atomic E-state index is -0.628. The largest absolute Gasteiger partial charge is 0.469 e. The number of carbonyl (C=O) groups is 1. The zero-order chi connectivity index (χ0) is 14.6. The molecule has 0 aliphatic carbocycles. The number of carbonyl (C=O) groups excluding carboxylic acids is 1. The topological polar surface area (TPSA) is 81.5 Å². The quantitative estimate of drug-likeness (QED) is 0.508. The van der Waals surface area contributed by atoms with E-state index in [2.05, 4.69) is 26.0 Å². The molecule has 0 aromatic heterocycles. The van der Waals surface area contributed by atoms with Gasteiger partial charge in [-0.1, -0.05) is 0 Å². The van der Waals surface area contributed by atoms with E-state index in [9.17, 15) is 19.3 Å². The number of ether oxygens (including phenoxy) is 1. The Bertz CT molecular complexity index is 510. The zero-order valence-corrected chi connectivity index (χ0v) is 11.9. The lowest BCUT2D eigenvalue weighted by Gasteiger charge is -2.14. The Morgan fingerprint density at radius 2 is 2.26 bits per heavy atom. The van der Waals surface area contributed by atoms with Crippen LogP contribution in [-0.4, -0.2) is 24.0 Å². The van der Waals surface area contributed by atoms with Crippen LogP contribution in [-0.2, 0) is 9.53 Å². The SMILES string of the molecule is COC(=O)CC(C)Nc1cc(F)c(Br)cc1[N+](=O)[O-]. The number of esters is 1. The van der Waals surface area contributed by atoms with E-state index in [1.165, 1.54) is 7.11 Å². The number of nitrogens with one attached hydrogen (secondary N) is 1. The van der Waals surface area contributed by atoms with E-state index in [1.807, 2.05) is 0 Å². The van der Waals surface area contributed by atoms with Gasteiger partial charge in [-0.05, 0) is 22.9 Å². The zero-order valence-electron chi connectivity index (χ0n) is 10.3. The molecule has 8 heteroatoms. The number of benzene rings is 1. The maximum Gasteiger partial charge on any atom is 0.307 e. The molecule has 0 aliphatic rings. The molecule has 0 radical (unpaired) electrons. The van der Waals surface area contributed by atoms with Gasteiger partial charge in [0.2, 0.25) is 0 Å². The van der Waals surface area contributed by atoms with Gasteiger partial charge in [-0.25, -0.2) is 4.39 Å². The Morgan fingerprint density at radius 3 is 2.79 bits per heavy atom. The second kappa shape index (κ2) is 6.46. The molecule has 19 heavy (non-hydrogen) atoms. The van der Waals surface area contributed by atoms with E-state index < -0.39 is 22.8 Å². The minimum absolute atomic E-state index is 0.00497. The number of nitro groups is 1. The summed E-state index contributed by atoms with van der Waals surface area (Å²) in [7, 11) is 1.25. The van der Waals surface area contributed by atoms with Crippen molar-refractivity contribution in [2.45, 2.75) is 19.4 Å². The third-order valence-electron chi connectivity index (χ3n) is 2.34. The molecule has 0 bridgehead atoms. The standard InChI is InChI=1S/C11H12BrFN2O4/c1-6(3-11(16)19-2)14-9-5-8(13)7(12)4-10(9)15(17)18/h4-6,14H,3H2,1-2H3. The predicted molar refractivity (Wildman–Crippen MR) is 70.5 cm³/mol. The van der Waals surface area contributed by atoms with Crippen molar-refractivity contribution in [1.29, 1.82) is 0 Å². The molecule has 1 rings (SSSR count). The second-order valence-electron chi connectivity index (χ2n) is 3.87. The summed E-state index contributed by atoms with van der Waals surface area (Å²) < 4.78 is 17.9. The Balaban J connectivity index is 2.96. The first-order valence-corrected chi connectivity index (χ1v) is 6.11. The molecule has 0 spiro atoms. The predicted octanol–water partition coefficient (Wildman–Crippen LogP) is 2.86. The normalized spacial score (nSPS) is 11.8. The fraction of sp³-hybridized carbons (Fsp3) is 0.364. The highest BCUT2D eigenvalue weighted by molar-refractivity contribution is 9.10. The number of hydrogen-bond donors (Lipinski definition) is 1. The van der Waals surface area contributed by atoms with Gasteiger partial charge in [-0.15, -0.1) is 0 Å². The van der Waals surface area contributed by atoms with Crippen LogP contribution in [0.25, 0.3) is 0 Å². The number of nitrogens with zero attached hydrogens (tertiary/aromatic N) is 1. The van der Waals surface area contributed by atoms with Crippen LogP contribution in [0.3, 0.4) is 0 Å². The smallest absolute Gasteiger partial charge is 0.307 e. The molecule has 0 aliphatic heterocycles. The minimum Gasteiger partial charge on any atom is -0.469 e. The maximum atomic E-state index is 13.4. The Morgan fingerprint density at radius 1 is 1.63 bits per heavy atom. The molecule has 0 heterocycles. The van der Waals surface area contributed by atoms with E-state index in [-0.39, 0.29) is 22.3 Å².